The number of carbonyl (C=O) groups excluding carboxylic acids is 1. The van der Waals surface area contributed by atoms with Crippen molar-refractivity contribution >= 4 is 6.16 Å². The van der Waals surface area contributed by atoms with Crippen molar-refractivity contribution in [3.05, 3.63) is 71.8 Å². The van der Waals surface area contributed by atoms with Gasteiger partial charge in [-0.1, -0.05) is 60.7 Å². The van der Waals surface area contributed by atoms with Crippen LogP contribution in [0.4, 0.5) is 4.79 Å². The molecule has 2 saturated heterocycles. The number of hydrogen-bond acceptors (Lipinski definition) is 7. The molecule has 2 heterocycles. The topological polar surface area (TPSA) is 83.5 Å². The van der Waals surface area contributed by atoms with Crippen molar-refractivity contribution in [2.24, 2.45) is 0 Å². The minimum Gasteiger partial charge on any atom is -0.430 e. The first-order valence-electron chi connectivity index (χ1n) is 9.19. The van der Waals surface area contributed by atoms with Crippen LogP contribution in [0.2, 0.25) is 0 Å². The van der Waals surface area contributed by atoms with Gasteiger partial charge in [-0.25, -0.2) is 4.79 Å². The maximum Gasteiger partial charge on any atom is 0.508 e. The monoisotopic (exact) mass is 386 g/mol. The Labute approximate surface area is 162 Å². The fourth-order valence-electron chi connectivity index (χ4n) is 3.32. The van der Waals surface area contributed by atoms with E-state index in [1.54, 1.807) is 0 Å². The molecular weight excluding hydrogens is 364 g/mol. The van der Waals surface area contributed by atoms with E-state index >= 15 is 0 Å². The van der Waals surface area contributed by atoms with Crippen LogP contribution in [-0.4, -0.2) is 48.6 Å². The summed E-state index contributed by atoms with van der Waals surface area (Å²) in [6, 6.07) is 19.2. The van der Waals surface area contributed by atoms with Gasteiger partial charge in [0.2, 0.25) is 0 Å². The van der Waals surface area contributed by atoms with Crippen LogP contribution in [0.15, 0.2) is 60.7 Å². The number of aliphatic hydroxyl groups is 1. The minimum absolute atomic E-state index is 0.0484. The van der Waals surface area contributed by atoms with Gasteiger partial charge in [0.15, 0.2) is 12.4 Å². The molecule has 0 spiro atoms. The summed E-state index contributed by atoms with van der Waals surface area (Å²) in [5.41, 5.74) is 1.92. The summed E-state index contributed by atoms with van der Waals surface area (Å²) < 4.78 is 27.6. The van der Waals surface area contributed by atoms with Crippen LogP contribution in [0, 0.1) is 0 Å². The summed E-state index contributed by atoms with van der Waals surface area (Å²) in [6.45, 7) is 0.615. The van der Waals surface area contributed by atoms with Crippen molar-refractivity contribution in [3.63, 3.8) is 0 Å². The molecule has 2 aliphatic heterocycles. The Morgan fingerprint density at radius 1 is 0.929 bits per heavy atom. The van der Waals surface area contributed by atoms with Crippen LogP contribution >= 0.6 is 0 Å². The highest BCUT2D eigenvalue weighted by molar-refractivity contribution is 5.62. The molecule has 7 nitrogen and oxygen atoms in total. The lowest BCUT2D eigenvalue weighted by Crippen LogP contribution is -2.42. The zero-order valence-corrected chi connectivity index (χ0v) is 15.2. The number of benzene rings is 2. The smallest absolute Gasteiger partial charge is 0.430 e. The fourth-order valence-corrected chi connectivity index (χ4v) is 3.32. The van der Waals surface area contributed by atoms with E-state index in [0.29, 0.717) is 0 Å². The number of cyclic esters (lactones) is 2. The molecule has 0 radical (unpaired) electrons. The Hall–Kier alpha value is -2.45. The second-order valence-corrected chi connectivity index (χ2v) is 6.73. The third kappa shape index (κ3) is 4.34. The highest BCUT2D eigenvalue weighted by Gasteiger charge is 2.51. The van der Waals surface area contributed by atoms with E-state index < -0.39 is 36.9 Å². The standard InChI is InChI=1S/C21H22O7/c22-17-19(24-11-14-7-3-1-4-8-14)18(16-13-26-21(23)27-16)28-20(17)25-12-15-9-5-2-6-10-15/h1-10,16-20,22H,11-13H2/t16-,17?,18+,19-,20-/m0/s1. The quantitative estimate of drug-likeness (QED) is 0.732. The Balaban J connectivity index is 1.43. The predicted molar refractivity (Wildman–Crippen MR) is 97.1 cm³/mol. The molecule has 2 aromatic carbocycles. The maximum absolute atomic E-state index is 11.3. The molecule has 2 aromatic rings. The van der Waals surface area contributed by atoms with E-state index in [-0.39, 0.29) is 19.8 Å². The van der Waals surface area contributed by atoms with Crippen LogP contribution < -0.4 is 0 Å². The first kappa shape index (κ1) is 18.9. The summed E-state index contributed by atoms with van der Waals surface area (Å²) in [7, 11) is 0. The van der Waals surface area contributed by atoms with Crippen molar-refractivity contribution in [1.29, 1.82) is 0 Å². The molecule has 7 heteroatoms. The first-order chi connectivity index (χ1) is 13.7. The van der Waals surface area contributed by atoms with Crippen molar-refractivity contribution in [3.8, 4) is 0 Å². The highest BCUT2D eigenvalue weighted by atomic mass is 16.8. The lowest BCUT2D eigenvalue weighted by atomic mass is 10.1. The molecule has 2 aliphatic rings. The summed E-state index contributed by atoms with van der Waals surface area (Å²) in [6.07, 6.45) is -4.75. The number of carbonyl (C=O) groups is 1. The molecule has 1 N–H and O–H groups in total. The van der Waals surface area contributed by atoms with Crippen LogP contribution in [0.5, 0.6) is 0 Å². The van der Waals surface area contributed by atoms with Gasteiger partial charge < -0.3 is 28.8 Å². The van der Waals surface area contributed by atoms with Gasteiger partial charge >= 0.3 is 6.16 Å². The average molecular weight is 386 g/mol. The molecule has 5 atom stereocenters. The lowest BCUT2D eigenvalue weighted by Gasteiger charge is -2.23. The number of hydrogen-bond donors (Lipinski definition) is 1. The number of ether oxygens (including phenoxy) is 5. The fraction of sp³-hybridized carbons (Fsp3) is 0.381. The summed E-state index contributed by atoms with van der Waals surface area (Å²) in [5.74, 6) is 0. The average Bonchev–Trinajstić information content (AvgIpc) is 3.29. The second kappa shape index (κ2) is 8.70. The molecule has 148 valence electrons. The largest absolute Gasteiger partial charge is 0.508 e. The zero-order valence-electron chi connectivity index (χ0n) is 15.2. The Morgan fingerprint density at radius 2 is 1.54 bits per heavy atom. The molecule has 28 heavy (non-hydrogen) atoms. The number of aliphatic hydroxyl groups excluding tert-OH is 1. The molecule has 0 amide bonds. The molecule has 0 aromatic heterocycles. The van der Waals surface area contributed by atoms with Gasteiger partial charge in [0, 0.05) is 0 Å². The van der Waals surface area contributed by atoms with Crippen molar-refractivity contribution in [2.75, 3.05) is 6.61 Å². The molecule has 4 rings (SSSR count). The van der Waals surface area contributed by atoms with Crippen LogP contribution in [0.3, 0.4) is 0 Å². The van der Waals surface area contributed by atoms with Gasteiger partial charge in [-0.3, -0.25) is 0 Å². The third-order valence-electron chi connectivity index (χ3n) is 4.75. The first-order valence-corrected chi connectivity index (χ1v) is 9.19. The Kier molecular flexibility index (Phi) is 5.87. The summed E-state index contributed by atoms with van der Waals surface area (Å²) >= 11 is 0. The van der Waals surface area contributed by atoms with Crippen molar-refractivity contribution < 1.29 is 33.6 Å². The Morgan fingerprint density at radius 3 is 2.11 bits per heavy atom. The van der Waals surface area contributed by atoms with E-state index in [0.717, 1.165) is 11.1 Å². The van der Waals surface area contributed by atoms with E-state index in [4.69, 9.17) is 23.7 Å². The molecule has 2 fully saturated rings. The van der Waals surface area contributed by atoms with Gasteiger partial charge in [0.1, 0.15) is 24.9 Å². The number of rotatable bonds is 7. The zero-order chi connectivity index (χ0) is 19.3. The summed E-state index contributed by atoms with van der Waals surface area (Å²) in [5, 5.41) is 10.7. The van der Waals surface area contributed by atoms with Gasteiger partial charge in [-0.2, -0.15) is 0 Å². The van der Waals surface area contributed by atoms with Crippen LogP contribution in [-0.2, 0) is 36.9 Å². The second-order valence-electron chi connectivity index (χ2n) is 6.73. The van der Waals surface area contributed by atoms with Crippen LogP contribution in [0.1, 0.15) is 11.1 Å². The lowest BCUT2D eigenvalue weighted by molar-refractivity contribution is -0.181. The highest BCUT2D eigenvalue weighted by Crippen LogP contribution is 2.31. The van der Waals surface area contributed by atoms with Crippen LogP contribution in [0.25, 0.3) is 0 Å². The molecule has 1 unspecified atom stereocenters. The van der Waals surface area contributed by atoms with Gasteiger partial charge in [-0.05, 0) is 11.1 Å². The van der Waals surface area contributed by atoms with Crippen molar-refractivity contribution in [1.82, 2.24) is 0 Å². The van der Waals surface area contributed by atoms with E-state index in [9.17, 15) is 9.90 Å². The summed E-state index contributed by atoms with van der Waals surface area (Å²) in [4.78, 5) is 11.3. The molecule has 0 bridgehead atoms. The molecule has 0 saturated carbocycles. The van der Waals surface area contributed by atoms with E-state index in [2.05, 4.69) is 0 Å². The van der Waals surface area contributed by atoms with Gasteiger partial charge in [0.25, 0.3) is 0 Å². The SMILES string of the molecule is O=C1OC[C@@H]([C@H]2O[C@H](OCc3ccccc3)C(O)[C@@H]2OCc2ccccc2)O1. The Bertz CT molecular complexity index is 767. The predicted octanol–water partition coefficient (Wildman–Crippen LogP) is 2.41. The van der Waals surface area contributed by atoms with Gasteiger partial charge in [-0.15, -0.1) is 0 Å². The maximum atomic E-state index is 11.3. The third-order valence-corrected chi connectivity index (χ3v) is 4.75. The van der Waals surface area contributed by atoms with Crippen molar-refractivity contribution in [2.45, 2.75) is 43.9 Å². The minimum atomic E-state index is -1.03. The van der Waals surface area contributed by atoms with E-state index in [1.807, 2.05) is 60.7 Å². The normalized spacial score (nSPS) is 29.5. The van der Waals surface area contributed by atoms with Gasteiger partial charge in [0.05, 0.1) is 13.2 Å². The molecular formula is C21H22O7. The molecule has 0 aliphatic carbocycles. The van der Waals surface area contributed by atoms with E-state index in [1.165, 1.54) is 0 Å².